The van der Waals surface area contributed by atoms with E-state index in [0.717, 1.165) is 15.0 Å². The molecular formula is C12H11IN2OS. The summed E-state index contributed by atoms with van der Waals surface area (Å²) in [5.41, 5.74) is 1.00. The van der Waals surface area contributed by atoms with Gasteiger partial charge in [0, 0.05) is 3.57 Å². The number of benzene rings is 1. The van der Waals surface area contributed by atoms with Crippen LogP contribution >= 0.6 is 34.8 Å². The van der Waals surface area contributed by atoms with Crippen LogP contribution in [0.15, 0.2) is 47.1 Å². The third-order valence-electron chi connectivity index (χ3n) is 2.13. The minimum absolute atomic E-state index is 0.586. The molecule has 0 bridgehead atoms. The zero-order valence-corrected chi connectivity index (χ0v) is 11.9. The molecule has 0 radical (unpaired) electrons. The molecule has 0 fully saturated rings. The minimum Gasteiger partial charge on any atom is -0.467 e. The second-order valence-electron chi connectivity index (χ2n) is 3.37. The molecule has 3 nitrogen and oxygen atoms in total. The Labute approximate surface area is 119 Å². The molecule has 17 heavy (non-hydrogen) atoms. The molecule has 0 unspecified atom stereocenters. The molecule has 0 aliphatic heterocycles. The fourth-order valence-electron chi connectivity index (χ4n) is 1.31. The molecule has 0 saturated carbocycles. The third kappa shape index (κ3) is 3.71. The number of rotatable bonds is 3. The van der Waals surface area contributed by atoms with Crippen molar-refractivity contribution in [2.75, 3.05) is 5.32 Å². The average molecular weight is 358 g/mol. The Bertz CT molecular complexity index is 499. The predicted octanol–water partition coefficient (Wildman–Crippen LogP) is 3.37. The lowest BCUT2D eigenvalue weighted by molar-refractivity contribution is 0.503. The van der Waals surface area contributed by atoms with Crippen molar-refractivity contribution in [2.24, 2.45) is 0 Å². The van der Waals surface area contributed by atoms with Crippen molar-refractivity contribution < 1.29 is 4.42 Å². The number of halogens is 1. The number of hydrogen-bond donors (Lipinski definition) is 2. The van der Waals surface area contributed by atoms with Gasteiger partial charge in [0.25, 0.3) is 0 Å². The second kappa shape index (κ2) is 6.02. The lowest BCUT2D eigenvalue weighted by atomic mass is 10.3. The summed E-state index contributed by atoms with van der Waals surface area (Å²) in [6, 6.07) is 11.7. The lowest BCUT2D eigenvalue weighted by Crippen LogP contribution is -2.28. The first-order valence-electron chi connectivity index (χ1n) is 5.07. The molecule has 1 aromatic heterocycles. The largest absolute Gasteiger partial charge is 0.467 e. The van der Waals surface area contributed by atoms with E-state index in [-0.39, 0.29) is 0 Å². The van der Waals surface area contributed by atoms with Gasteiger partial charge < -0.3 is 15.1 Å². The van der Waals surface area contributed by atoms with Gasteiger partial charge in [-0.2, -0.15) is 0 Å². The minimum atomic E-state index is 0.586. The molecule has 2 aromatic rings. The van der Waals surface area contributed by atoms with Crippen molar-refractivity contribution in [1.29, 1.82) is 0 Å². The number of para-hydroxylation sites is 1. The molecule has 0 saturated heterocycles. The summed E-state index contributed by atoms with van der Waals surface area (Å²) >= 11 is 7.47. The Morgan fingerprint density at radius 1 is 1.24 bits per heavy atom. The molecule has 0 aliphatic rings. The molecule has 0 atom stereocenters. The predicted molar refractivity (Wildman–Crippen MR) is 80.9 cm³/mol. The maximum Gasteiger partial charge on any atom is 0.171 e. The zero-order valence-electron chi connectivity index (χ0n) is 8.94. The Kier molecular flexibility index (Phi) is 4.38. The lowest BCUT2D eigenvalue weighted by Gasteiger charge is -2.10. The van der Waals surface area contributed by atoms with Gasteiger partial charge in [-0.1, -0.05) is 12.1 Å². The van der Waals surface area contributed by atoms with E-state index in [4.69, 9.17) is 16.6 Å². The summed E-state index contributed by atoms with van der Waals surface area (Å²) in [6.07, 6.45) is 1.65. The van der Waals surface area contributed by atoms with Gasteiger partial charge in [-0.05, 0) is 59.1 Å². The fraction of sp³-hybridized carbons (Fsp3) is 0.0833. The first-order chi connectivity index (χ1) is 8.25. The standard InChI is InChI=1S/C12H11IN2OS/c13-10-5-1-2-6-11(10)15-12(17)14-8-9-4-3-7-16-9/h1-7H,8H2,(H2,14,15,17). The van der Waals surface area contributed by atoms with Crippen LogP contribution in [0.25, 0.3) is 0 Å². The molecule has 1 heterocycles. The fourth-order valence-corrected chi connectivity index (χ4v) is 2.01. The molecular weight excluding hydrogens is 347 g/mol. The van der Waals surface area contributed by atoms with Crippen LogP contribution in [0.1, 0.15) is 5.76 Å². The first-order valence-corrected chi connectivity index (χ1v) is 6.56. The van der Waals surface area contributed by atoms with Crippen LogP contribution in [-0.2, 0) is 6.54 Å². The monoisotopic (exact) mass is 358 g/mol. The van der Waals surface area contributed by atoms with E-state index in [1.807, 2.05) is 36.4 Å². The van der Waals surface area contributed by atoms with Crippen LogP contribution in [0.2, 0.25) is 0 Å². The molecule has 5 heteroatoms. The maximum absolute atomic E-state index is 5.21. The van der Waals surface area contributed by atoms with Crippen LogP contribution in [-0.4, -0.2) is 5.11 Å². The van der Waals surface area contributed by atoms with Crippen molar-refractivity contribution in [2.45, 2.75) is 6.54 Å². The quantitative estimate of drug-likeness (QED) is 0.652. The van der Waals surface area contributed by atoms with Crippen molar-refractivity contribution >= 4 is 45.6 Å². The van der Waals surface area contributed by atoms with Crippen LogP contribution in [0.4, 0.5) is 5.69 Å². The average Bonchev–Trinajstić information content (AvgIpc) is 2.82. The Morgan fingerprint density at radius 2 is 2.06 bits per heavy atom. The van der Waals surface area contributed by atoms with Crippen LogP contribution < -0.4 is 10.6 Å². The molecule has 88 valence electrons. The number of hydrogen-bond acceptors (Lipinski definition) is 2. The Hall–Kier alpha value is -1.08. The van der Waals surface area contributed by atoms with E-state index in [1.54, 1.807) is 6.26 Å². The van der Waals surface area contributed by atoms with Crippen LogP contribution in [0, 0.1) is 3.57 Å². The van der Waals surface area contributed by atoms with E-state index in [9.17, 15) is 0 Å². The number of furan rings is 1. The van der Waals surface area contributed by atoms with Crippen molar-refractivity contribution in [3.63, 3.8) is 0 Å². The van der Waals surface area contributed by atoms with Gasteiger partial charge in [-0.15, -0.1) is 0 Å². The molecule has 0 amide bonds. The summed E-state index contributed by atoms with van der Waals surface area (Å²) in [6.45, 7) is 0.586. The smallest absolute Gasteiger partial charge is 0.171 e. The van der Waals surface area contributed by atoms with Crippen molar-refractivity contribution in [3.05, 3.63) is 52.0 Å². The third-order valence-corrected chi connectivity index (χ3v) is 3.31. The molecule has 0 aliphatic carbocycles. The maximum atomic E-state index is 5.21. The van der Waals surface area contributed by atoms with E-state index < -0.39 is 0 Å². The number of nitrogens with one attached hydrogen (secondary N) is 2. The highest BCUT2D eigenvalue weighted by Crippen LogP contribution is 2.16. The topological polar surface area (TPSA) is 37.2 Å². The molecule has 2 N–H and O–H groups in total. The summed E-state index contributed by atoms with van der Waals surface area (Å²) in [5, 5.41) is 6.82. The van der Waals surface area contributed by atoms with Crippen LogP contribution in [0.3, 0.4) is 0 Å². The van der Waals surface area contributed by atoms with Gasteiger partial charge in [-0.3, -0.25) is 0 Å². The Morgan fingerprint density at radius 3 is 2.76 bits per heavy atom. The highest BCUT2D eigenvalue weighted by atomic mass is 127. The van der Waals surface area contributed by atoms with Gasteiger partial charge in [0.1, 0.15) is 5.76 Å². The highest BCUT2D eigenvalue weighted by Gasteiger charge is 2.01. The number of thiocarbonyl (C=S) groups is 1. The van der Waals surface area contributed by atoms with Gasteiger partial charge in [0.2, 0.25) is 0 Å². The SMILES string of the molecule is S=C(NCc1ccco1)Nc1ccccc1I. The van der Waals surface area contributed by atoms with E-state index in [0.29, 0.717) is 11.7 Å². The molecule has 2 rings (SSSR count). The van der Waals surface area contributed by atoms with Gasteiger partial charge in [-0.25, -0.2) is 0 Å². The zero-order chi connectivity index (χ0) is 12.1. The Balaban J connectivity index is 1.87. The normalized spacial score (nSPS) is 9.94. The van der Waals surface area contributed by atoms with Gasteiger partial charge >= 0.3 is 0 Å². The van der Waals surface area contributed by atoms with E-state index in [2.05, 4.69) is 33.2 Å². The van der Waals surface area contributed by atoms with Gasteiger partial charge in [0.15, 0.2) is 5.11 Å². The second-order valence-corrected chi connectivity index (χ2v) is 4.94. The highest BCUT2D eigenvalue weighted by molar-refractivity contribution is 14.1. The van der Waals surface area contributed by atoms with Gasteiger partial charge in [0.05, 0.1) is 18.5 Å². The van der Waals surface area contributed by atoms with Crippen molar-refractivity contribution in [1.82, 2.24) is 5.32 Å². The van der Waals surface area contributed by atoms with E-state index >= 15 is 0 Å². The summed E-state index contributed by atoms with van der Waals surface area (Å²) < 4.78 is 6.34. The van der Waals surface area contributed by atoms with E-state index in [1.165, 1.54) is 0 Å². The van der Waals surface area contributed by atoms with Crippen molar-refractivity contribution in [3.8, 4) is 0 Å². The molecule has 0 spiro atoms. The summed E-state index contributed by atoms with van der Waals surface area (Å²) in [4.78, 5) is 0. The number of anilines is 1. The van der Waals surface area contributed by atoms with Crippen LogP contribution in [0.5, 0.6) is 0 Å². The summed E-state index contributed by atoms with van der Waals surface area (Å²) in [7, 11) is 0. The summed E-state index contributed by atoms with van der Waals surface area (Å²) in [5.74, 6) is 0.858. The molecule has 1 aromatic carbocycles. The first kappa shape index (κ1) is 12.4.